The first kappa shape index (κ1) is 15.2. The zero-order valence-corrected chi connectivity index (χ0v) is 11.0. The maximum atomic E-state index is 11.6. The van der Waals surface area contributed by atoms with Crippen LogP contribution in [-0.2, 0) is 14.3 Å². The van der Waals surface area contributed by atoms with E-state index in [0.29, 0.717) is 0 Å². The molecule has 2 amide bonds. The zero-order chi connectivity index (χ0) is 14.4. The molecule has 1 heterocycles. The van der Waals surface area contributed by atoms with Crippen LogP contribution in [0.25, 0.3) is 0 Å². The van der Waals surface area contributed by atoms with Gasteiger partial charge in [-0.1, -0.05) is 0 Å². The van der Waals surface area contributed by atoms with E-state index in [9.17, 15) is 14.4 Å². The van der Waals surface area contributed by atoms with Gasteiger partial charge in [0.05, 0.1) is 13.5 Å². The predicted octanol–water partition coefficient (Wildman–Crippen LogP) is -0.994. The lowest BCUT2D eigenvalue weighted by Crippen LogP contribution is -2.50. The van der Waals surface area contributed by atoms with E-state index in [1.54, 1.807) is 0 Å². The summed E-state index contributed by atoms with van der Waals surface area (Å²) in [5, 5.41) is 13.8. The van der Waals surface area contributed by atoms with Gasteiger partial charge in [0.1, 0.15) is 6.04 Å². The highest BCUT2D eigenvalue weighted by atomic mass is 16.5. The molecule has 0 bridgehead atoms. The molecule has 0 aromatic heterocycles. The monoisotopic (exact) mass is 273 g/mol. The molecule has 0 radical (unpaired) electrons. The summed E-state index contributed by atoms with van der Waals surface area (Å²) in [5.41, 5.74) is 0. The van der Waals surface area contributed by atoms with Crippen molar-refractivity contribution in [2.45, 2.75) is 24.9 Å². The van der Waals surface area contributed by atoms with E-state index in [1.807, 2.05) is 7.05 Å². The summed E-state index contributed by atoms with van der Waals surface area (Å²) < 4.78 is 4.38. The first-order chi connectivity index (χ1) is 8.92. The zero-order valence-electron chi connectivity index (χ0n) is 11.0. The van der Waals surface area contributed by atoms with Crippen LogP contribution in [0.15, 0.2) is 0 Å². The molecule has 2 atom stereocenters. The van der Waals surface area contributed by atoms with Crippen LogP contribution < -0.4 is 10.6 Å². The van der Waals surface area contributed by atoms with Gasteiger partial charge in [-0.2, -0.15) is 0 Å². The molecule has 8 heteroatoms. The number of amides is 2. The number of hydrogen-bond donors (Lipinski definition) is 3. The Kier molecular flexibility index (Phi) is 5.56. The molecule has 0 spiro atoms. The Labute approximate surface area is 111 Å². The number of hydrogen-bond acceptors (Lipinski definition) is 5. The van der Waals surface area contributed by atoms with Gasteiger partial charge in [-0.05, 0) is 20.0 Å². The number of carbonyl (C=O) groups excluding carboxylic acids is 2. The third kappa shape index (κ3) is 5.12. The standard InChI is InChI=1S/C11H19N3O5/c1-14-4-3-7(6-14)12-11(18)13-8(10(16)17)5-9(15)19-2/h7-8H,3-6H2,1-2H3,(H,16,17)(H2,12,13,18)/t7?,8-/m0/s1. The summed E-state index contributed by atoms with van der Waals surface area (Å²) in [4.78, 5) is 35.6. The van der Waals surface area contributed by atoms with Crippen molar-refractivity contribution in [1.82, 2.24) is 15.5 Å². The highest BCUT2D eigenvalue weighted by Gasteiger charge is 2.26. The van der Waals surface area contributed by atoms with Crippen molar-refractivity contribution in [3.05, 3.63) is 0 Å². The molecule has 0 aromatic rings. The number of nitrogens with one attached hydrogen (secondary N) is 2. The number of esters is 1. The van der Waals surface area contributed by atoms with E-state index < -0.39 is 30.4 Å². The first-order valence-corrected chi connectivity index (χ1v) is 5.97. The first-order valence-electron chi connectivity index (χ1n) is 5.97. The van der Waals surface area contributed by atoms with Crippen LogP contribution in [0.4, 0.5) is 4.79 Å². The minimum atomic E-state index is -1.29. The highest BCUT2D eigenvalue weighted by molar-refractivity contribution is 5.86. The number of likely N-dealkylation sites (N-methyl/N-ethyl adjacent to an activating group) is 1. The fourth-order valence-electron chi connectivity index (χ4n) is 1.89. The van der Waals surface area contributed by atoms with Gasteiger partial charge in [-0.15, -0.1) is 0 Å². The van der Waals surface area contributed by atoms with Crippen molar-refractivity contribution in [1.29, 1.82) is 0 Å². The van der Waals surface area contributed by atoms with Gasteiger partial charge in [-0.3, -0.25) is 4.79 Å². The third-order valence-electron chi connectivity index (χ3n) is 2.93. The summed E-state index contributed by atoms with van der Waals surface area (Å²) in [5.74, 6) is -1.96. The number of likely N-dealkylation sites (tertiary alicyclic amines) is 1. The molecule has 19 heavy (non-hydrogen) atoms. The average molecular weight is 273 g/mol. The van der Waals surface area contributed by atoms with Gasteiger partial charge >= 0.3 is 18.0 Å². The van der Waals surface area contributed by atoms with Crippen LogP contribution in [0.3, 0.4) is 0 Å². The van der Waals surface area contributed by atoms with Gasteiger partial charge in [-0.25, -0.2) is 9.59 Å². The van der Waals surface area contributed by atoms with Crippen molar-refractivity contribution in [3.63, 3.8) is 0 Å². The largest absolute Gasteiger partial charge is 0.480 e. The second-order valence-electron chi connectivity index (χ2n) is 4.54. The average Bonchev–Trinajstić information content (AvgIpc) is 2.73. The summed E-state index contributed by atoms with van der Waals surface area (Å²) in [7, 11) is 3.10. The SMILES string of the molecule is COC(=O)C[C@H](NC(=O)NC1CCN(C)C1)C(=O)O. The van der Waals surface area contributed by atoms with Crippen molar-refractivity contribution in [2.24, 2.45) is 0 Å². The number of methoxy groups -OCH3 is 1. The predicted molar refractivity (Wildman–Crippen MR) is 65.6 cm³/mol. The quantitative estimate of drug-likeness (QED) is 0.555. The van der Waals surface area contributed by atoms with Crippen molar-refractivity contribution < 1.29 is 24.2 Å². The Morgan fingerprint density at radius 3 is 2.63 bits per heavy atom. The molecule has 1 aliphatic heterocycles. The topological polar surface area (TPSA) is 108 Å². The number of carboxylic acids is 1. The highest BCUT2D eigenvalue weighted by Crippen LogP contribution is 2.05. The van der Waals surface area contributed by atoms with Crippen LogP contribution in [0.2, 0.25) is 0 Å². The van der Waals surface area contributed by atoms with Gasteiger partial charge in [0.2, 0.25) is 0 Å². The summed E-state index contributed by atoms with van der Waals surface area (Å²) in [6, 6.07) is -1.87. The Bertz CT molecular complexity index is 360. The number of ether oxygens (including phenoxy) is 1. The molecular formula is C11H19N3O5. The van der Waals surface area contributed by atoms with E-state index in [2.05, 4.69) is 20.3 Å². The lowest BCUT2D eigenvalue weighted by Gasteiger charge is -2.17. The second-order valence-corrected chi connectivity index (χ2v) is 4.54. The van der Waals surface area contributed by atoms with Gasteiger partial charge in [0.15, 0.2) is 0 Å². The number of nitrogens with zero attached hydrogens (tertiary/aromatic N) is 1. The molecule has 1 rings (SSSR count). The normalized spacial score (nSPS) is 20.6. The minimum absolute atomic E-state index is 0.00225. The molecule has 1 aliphatic rings. The van der Waals surface area contributed by atoms with Crippen LogP contribution in [-0.4, -0.2) is 67.3 Å². The molecule has 0 saturated carbocycles. The van der Waals surface area contributed by atoms with Crippen molar-refractivity contribution in [2.75, 3.05) is 27.2 Å². The summed E-state index contributed by atoms with van der Waals surface area (Å²) in [6.45, 7) is 1.61. The van der Waals surface area contributed by atoms with Crippen LogP contribution in [0.1, 0.15) is 12.8 Å². The number of rotatable bonds is 5. The number of aliphatic carboxylic acids is 1. The van der Waals surface area contributed by atoms with E-state index >= 15 is 0 Å². The Morgan fingerprint density at radius 2 is 2.16 bits per heavy atom. The molecule has 108 valence electrons. The van der Waals surface area contributed by atoms with Crippen LogP contribution in [0.5, 0.6) is 0 Å². The van der Waals surface area contributed by atoms with Crippen molar-refractivity contribution >= 4 is 18.0 Å². The van der Waals surface area contributed by atoms with Crippen LogP contribution in [0, 0.1) is 0 Å². The Hall–Kier alpha value is -1.83. The third-order valence-corrected chi connectivity index (χ3v) is 2.93. The molecular weight excluding hydrogens is 254 g/mol. The number of carbonyl (C=O) groups is 3. The smallest absolute Gasteiger partial charge is 0.326 e. The van der Waals surface area contributed by atoms with E-state index in [0.717, 1.165) is 26.6 Å². The molecule has 1 unspecified atom stereocenters. The fourth-order valence-corrected chi connectivity index (χ4v) is 1.89. The van der Waals surface area contributed by atoms with E-state index in [1.165, 1.54) is 0 Å². The lowest BCUT2D eigenvalue weighted by molar-refractivity contribution is -0.147. The molecule has 3 N–H and O–H groups in total. The number of urea groups is 1. The minimum Gasteiger partial charge on any atom is -0.480 e. The second kappa shape index (κ2) is 6.93. The molecule has 1 saturated heterocycles. The summed E-state index contributed by atoms with van der Waals surface area (Å²) in [6.07, 6.45) is 0.419. The molecule has 0 aromatic carbocycles. The van der Waals surface area contributed by atoms with Gasteiger partial charge in [0, 0.05) is 12.6 Å². The fraction of sp³-hybridized carbons (Fsp3) is 0.727. The Balaban J connectivity index is 2.43. The van der Waals surface area contributed by atoms with E-state index in [4.69, 9.17) is 5.11 Å². The van der Waals surface area contributed by atoms with Gasteiger partial charge < -0.3 is 25.4 Å². The number of carboxylic acid groups (broad SMARTS) is 1. The maximum Gasteiger partial charge on any atom is 0.326 e. The Morgan fingerprint density at radius 1 is 1.47 bits per heavy atom. The lowest BCUT2D eigenvalue weighted by atomic mass is 10.2. The molecule has 0 aliphatic carbocycles. The molecule has 1 fully saturated rings. The van der Waals surface area contributed by atoms with E-state index in [-0.39, 0.29) is 6.04 Å². The van der Waals surface area contributed by atoms with Crippen LogP contribution >= 0.6 is 0 Å². The summed E-state index contributed by atoms with van der Waals surface area (Å²) >= 11 is 0. The molecule has 8 nitrogen and oxygen atoms in total. The van der Waals surface area contributed by atoms with Gasteiger partial charge in [0.25, 0.3) is 0 Å². The van der Waals surface area contributed by atoms with Crippen molar-refractivity contribution in [3.8, 4) is 0 Å². The maximum absolute atomic E-state index is 11.6.